The van der Waals surface area contributed by atoms with Crippen LogP contribution >= 0.6 is 11.6 Å². The third-order valence-electron chi connectivity index (χ3n) is 3.62. The first-order valence-electron chi connectivity index (χ1n) is 8.13. The molecule has 2 aromatic rings. The van der Waals surface area contributed by atoms with E-state index >= 15 is 0 Å². The molecule has 0 aliphatic rings. The van der Waals surface area contributed by atoms with Gasteiger partial charge >= 0.3 is 0 Å². The van der Waals surface area contributed by atoms with Gasteiger partial charge in [0.15, 0.2) is 0 Å². The summed E-state index contributed by atoms with van der Waals surface area (Å²) in [6.07, 6.45) is 0. The van der Waals surface area contributed by atoms with Crippen molar-refractivity contribution in [3.05, 3.63) is 47.0 Å². The molecule has 27 heavy (non-hydrogen) atoms. The minimum atomic E-state index is -3.83. The highest BCUT2D eigenvalue weighted by molar-refractivity contribution is 7.89. The zero-order chi connectivity index (χ0) is 20.0. The lowest BCUT2D eigenvalue weighted by atomic mass is 10.2. The fraction of sp³-hybridized carbons (Fsp3) is 0.278. The first kappa shape index (κ1) is 21.0. The molecule has 0 saturated heterocycles. The van der Waals surface area contributed by atoms with Gasteiger partial charge in [0.25, 0.3) is 0 Å². The van der Waals surface area contributed by atoms with Gasteiger partial charge in [-0.3, -0.25) is 4.79 Å². The molecule has 0 heterocycles. The van der Waals surface area contributed by atoms with Crippen LogP contribution in [0.3, 0.4) is 0 Å². The van der Waals surface area contributed by atoms with Crippen molar-refractivity contribution in [2.75, 3.05) is 25.6 Å². The third kappa shape index (κ3) is 5.59. The number of ether oxygens (including phenoxy) is 2. The fourth-order valence-electron chi connectivity index (χ4n) is 2.25. The Morgan fingerprint density at radius 3 is 2.44 bits per heavy atom. The van der Waals surface area contributed by atoms with E-state index in [1.54, 1.807) is 31.2 Å². The summed E-state index contributed by atoms with van der Waals surface area (Å²) in [5.41, 5.74) is 1.16. The molecule has 0 unspecified atom stereocenters. The molecule has 0 saturated carbocycles. The summed E-state index contributed by atoms with van der Waals surface area (Å²) in [6, 6.07) is 9.17. The van der Waals surface area contributed by atoms with Gasteiger partial charge in [-0.2, -0.15) is 0 Å². The average molecular weight is 413 g/mol. The van der Waals surface area contributed by atoms with Crippen molar-refractivity contribution < 1.29 is 22.7 Å². The van der Waals surface area contributed by atoms with Gasteiger partial charge in [-0.05, 0) is 49.7 Å². The van der Waals surface area contributed by atoms with Crippen LogP contribution in [0.15, 0.2) is 41.3 Å². The van der Waals surface area contributed by atoms with Crippen molar-refractivity contribution in [2.24, 2.45) is 0 Å². The summed E-state index contributed by atoms with van der Waals surface area (Å²) in [4.78, 5) is 12.2. The van der Waals surface area contributed by atoms with Crippen molar-refractivity contribution in [2.45, 2.75) is 18.7 Å². The van der Waals surface area contributed by atoms with Crippen molar-refractivity contribution >= 4 is 33.2 Å². The number of hydrogen-bond donors (Lipinski definition) is 2. The Balaban J connectivity index is 2.03. The van der Waals surface area contributed by atoms with Crippen LogP contribution in [-0.4, -0.2) is 34.6 Å². The Hall–Kier alpha value is -2.29. The number of amides is 1. The molecule has 0 aromatic heterocycles. The number of methoxy groups -OCH3 is 1. The van der Waals surface area contributed by atoms with E-state index in [9.17, 15) is 13.2 Å². The molecule has 0 atom stereocenters. The lowest BCUT2D eigenvalue weighted by Gasteiger charge is -2.13. The van der Waals surface area contributed by atoms with Crippen LogP contribution in [-0.2, 0) is 14.8 Å². The zero-order valence-electron chi connectivity index (χ0n) is 15.2. The van der Waals surface area contributed by atoms with E-state index < -0.39 is 22.5 Å². The molecule has 0 radical (unpaired) electrons. The molecule has 2 rings (SSSR count). The molecule has 2 N–H and O–H groups in total. The average Bonchev–Trinajstić information content (AvgIpc) is 2.64. The van der Waals surface area contributed by atoms with E-state index in [2.05, 4.69) is 10.0 Å². The monoisotopic (exact) mass is 412 g/mol. The molecule has 0 aliphatic heterocycles. The number of halogens is 1. The van der Waals surface area contributed by atoms with Crippen molar-refractivity contribution in [3.8, 4) is 11.5 Å². The zero-order valence-corrected chi connectivity index (χ0v) is 16.8. The maximum absolute atomic E-state index is 12.3. The summed E-state index contributed by atoms with van der Waals surface area (Å²) in [7, 11) is -2.38. The van der Waals surface area contributed by atoms with Gasteiger partial charge in [0.1, 0.15) is 11.5 Å². The molecule has 2 aromatic carbocycles. The second kappa shape index (κ2) is 9.07. The summed E-state index contributed by atoms with van der Waals surface area (Å²) in [5, 5.41) is 3.11. The first-order valence-corrected chi connectivity index (χ1v) is 9.99. The first-order chi connectivity index (χ1) is 12.8. The number of benzene rings is 2. The summed E-state index contributed by atoms with van der Waals surface area (Å²) in [6.45, 7) is 3.67. The molecule has 0 aliphatic carbocycles. The van der Waals surface area contributed by atoms with Gasteiger partial charge in [0.2, 0.25) is 15.9 Å². The maximum Gasteiger partial charge on any atom is 0.241 e. The van der Waals surface area contributed by atoms with Gasteiger partial charge in [-0.25, -0.2) is 13.1 Å². The largest absolute Gasteiger partial charge is 0.495 e. The molecule has 7 nitrogen and oxygen atoms in total. The van der Waals surface area contributed by atoms with Gasteiger partial charge in [-0.15, -0.1) is 0 Å². The molecule has 0 spiro atoms. The smallest absolute Gasteiger partial charge is 0.241 e. The molecule has 146 valence electrons. The molecule has 0 fully saturated rings. The number of aryl methyl sites for hydroxylation is 1. The fourth-order valence-corrected chi connectivity index (χ4v) is 3.39. The SMILES string of the molecule is CCOc1ccc(S(=O)(=O)NCC(=O)Nc2cc(C)c(Cl)cc2OC)cc1. The van der Waals surface area contributed by atoms with Crippen LogP contribution in [0.2, 0.25) is 5.02 Å². The maximum atomic E-state index is 12.3. The Kier molecular flexibility index (Phi) is 7.06. The van der Waals surface area contributed by atoms with Crippen molar-refractivity contribution in [1.82, 2.24) is 4.72 Å². The normalized spacial score (nSPS) is 11.1. The van der Waals surface area contributed by atoms with E-state index in [1.807, 2.05) is 6.92 Å². The predicted molar refractivity (Wildman–Crippen MR) is 104 cm³/mol. The van der Waals surface area contributed by atoms with Crippen LogP contribution in [0.4, 0.5) is 5.69 Å². The molecule has 0 bridgehead atoms. The molecular formula is C18H21ClN2O5S. The summed E-state index contributed by atoms with van der Waals surface area (Å²) >= 11 is 6.03. The Bertz CT molecular complexity index is 914. The van der Waals surface area contributed by atoms with Crippen LogP contribution in [0, 0.1) is 6.92 Å². The highest BCUT2D eigenvalue weighted by Gasteiger charge is 2.17. The standard InChI is InChI=1S/C18H21ClN2O5S/c1-4-26-13-5-7-14(8-6-13)27(23,24)20-11-18(22)21-16-9-12(2)15(19)10-17(16)25-3/h5-10,20H,4,11H2,1-3H3,(H,21,22). The van der Waals surface area contributed by atoms with Crippen LogP contribution in [0.5, 0.6) is 11.5 Å². The lowest BCUT2D eigenvalue weighted by Crippen LogP contribution is -2.33. The van der Waals surface area contributed by atoms with Gasteiger partial charge in [-0.1, -0.05) is 11.6 Å². The minimum Gasteiger partial charge on any atom is -0.495 e. The second-order valence-corrected chi connectivity index (χ2v) is 7.75. The number of anilines is 1. The van der Waals surface area contributed by atoms with Crippen LogP contribution in [0.25, 0.3) is 0 Å². The Morgan fingerprint density at radius 2 is 1.85 bits per heavy atom. The summed E-state index contributed by atoms with van der Waals surface area (Å²) in [5.74, 6) is 0.414. The Labute approximate surface area is 163 Å². The number of rotatable bonds is 8. The minimum absolute atomic E-state index is 0.0404. The highest BCUT2D eigenvalue weighted by atomic mass is 35.5. The molecular weight excluding hydrogens is 392 g/mol. The van der Waals surface area contributed by atoms with Gasteiger partial charge in [0.05, 0.1) is 30.8 Å². The third-order valence-corrected chi connectivity index (χ3v) is 5.45. The molecule has 9 heteroatoms. The van der Waals surface area contributed by atoms with Gasteiger partial charge < -0.3 is 14.8 Å². The van der Waals surface area contributed by atoms with Crippen molar-refractivity contribution in [1.29, 1.82) is 0 Å². The number of carbonyl (C=O) groups excluding carboxylic acids is 1. The summed E-state index contributed by atoms with van der Waals surface area (Å²) < 4.78 is 37.3. The van der Waals surface area contributed by atoms with Crippen LogP contribution < -0.4 is 19.5 Å². The van der Waals surface area contributed by atoms with E-state index in [0.29, 0.717) is 28.8 Å². The second-order valence-electron chi connectivity index (χ2n) is 5.58. The lowest BCUT2D eigenvalue weighted by molar-refractivity contribution is -0.115. The van der Waals surface area contributed by atoms with Gasteiger partial charge in [0, 0.05) is 11.1 Å². The van der Waals surface area contributed by atoms with Crippen molar-refractivity contribution in [3.63, 3.8) is 0 Å². The quantitative estimate of drug-likeness (QED) is 0.695. The van der Waals surface area contributed by atoms with Crippen LogP contribution in [0.1, 0.15) is 12.5 Å². The number of sulfonamides is 1. The van der Waals surface area contributed by atoms with E-state index in [0.717, 1.165) is 5.56 Å². The van der Waals surface area contributed by atoms with E-state index in [1.165, 1.54) is 19.2 Å². The van der Waals surface area contributed by atoms with E-state index in [4.69, 9.17) is 21.1 Å². The Morgan fingerprint density at radius 1 is 1.19 bits per heavy atom. The number of hydrogen-bond acceptors (Lipinski definition) is 5. The number of nitrogens with one attached hydrogen (secondary N) is 2. The highest BCUT2D eigenvalue weighted by Crippen LogP contribution is 2.30. The predicted octanol–water partition coefficient (Wildman–Crippen LogP) is 2.97. The number of carbonyl (C=O) groups is 1. The topological polar surface area (TPSA) is 93.7 Å². The molecule has 1 amide bonds. The van der Waals surface area contributed by atoms with E-state index in [-0.39, 0.29) is 4.90 Å².